The molecule has 0 aromatic heterocycles. The smallest absolute Gasteiger partial charge is 0.413 e. The standard InChI is InChI=1S/C16H27N3O5S/c1-3-23-12-9-10(5-7-17-12)13(20)18-15-11(6-8-25-15)14(21)19-16(22)24-4-2/h10-12,15,17H,3-9H2,1-2H3,(H,18,20)(H,19,21,22). The van der Waals surface area contributed by atoms with Crippen LogP contribution in [0, 0.1) is 11.8 Å². The quantitative estimate of drug-likeness (QED) is 0.633. The molecule has 2 fully saturated rings. The van der Waals surface area contributed by atoms with Crippen LogP contribution in [0.25, 0.3) is 0 Å². The lowest BCUT2D eigenvalue weighted by molar-refractivity contribution is -0.129. The number of carbonyl (C=O) groups excluding carboxylic acids is 3. The van der Waals surface area contributed by atoms with E-state index in [0.717, 1.165) is 18.7 Å². The van der Waals surface area contributed by atoms with Crippen molar-refractivity contribution in [2.24, 2.45) is 11.8 Å². The second-order valence-corrected chi connectivity index (χ2v) is 7.27. The monoisotopic (exact) mass is 373 g/mol. The zero-order valence-corrected chi connectivity index (χ0v) is 15.5. The van der Waals surface area contributed by atoms with Crippen LogP contribution in [0.5, 0.6) is 0 Å². The minimum atomic E-state index is -0.743. The average molecular weight is 373 g/mol. The molecule has 9 heteroatoms. The van der Waals surface area contributed by atoms with Gasteiger partial charge in [0.25, 0.3) is 0 Å². The third-order valence-corrected chi connectivity index (χ3v) is 5.59. The van der Waals surface area contributed by atoms with E-state index in [1.54, 1.807) is 6.92 Å². The molecule has 2 heterocycles. The van der Waals surface area contributed by atoms with Crippen molar-refractivity contribution in [1.29, 1.82) is 0 Å². The molecular weight excluding hydrogens is 346 g/mol. The molecule has 25 heavy (non-hydrogen) atoms. The lowest BCUT2D eigenvalue weighted by atomic mass is 9.95. The second kappa shape index (κ2) is 9.98. The molecule has 0 saturated carbocycles. The van der Waals surface area contributed by atoms with Crippen molar-refractivity contribution in [1.82, 2.24) is 16.0 Å². The number of thioether (sulfide) groups is 1. The molecular formula is C16H27N3O5S. The Morgan fingerprint density at radius 1 is 1.16 bits per heavy atom. The Morgan fingerprint density at radius 3 is 2.68 bits per heavy atom. The molecule has 0 aromatic rings. The maximum absolute atomic E-state index is 12.6. The highest BCUT2D eigenvalue weighted by Crippen LogP contribution is 2.31. The molecule has 2 aliphatic heterocycles. The van der Waals surface area contributed by atoms with Gasteiger partial charge in [-0.1, -0.05) is 0 Å². The molecule has 8 nitrogen and oxygen atoms in total. The molecule has 0 spiro atoms. The van der Waals surface area contributed by atoms with Gasteiger partial charge in [0.05, 0.1) is 17.9 Å². The lowest BCUT2D eigenvalue weighted by Crippen LogP contribution is -2.49. The van der Waals surface area contributed by atoms with Gasteiger partial charge < -0.3 is 14.8 Å². The van der Waals surface area contributed by atoms with E-state index in [2.05, 4.69) is 16.0 Å². The number of piperidine rings is 1. The predicted molar refractivity (Wildman–Crippen MR) is 93.8 cm³/mol. The number of rotatable bonds is 6. The molecule has 4 unspecified atom stereocenters. The van der Waals surface area contributed by atoms with Gasteiger partial charge >= 0.3 is 6.09 Å². The Kier molecular flexibility index (Phi) is 7.98. The number of alkyl carbamates (subject to hydrolysis) is 1. The van der Waals surface area contributed by atoms with Gasteiger partial charge in [-0.25, -0.2) is 4.79 Å². The van der Waals surface area contributed by atoms with E-state index in [4.69, 9.17) is 9.47 Å². The number of hydrogen-bond donors (Lipinski definition) is 3. The van der Waals surface area contributed by atoms with Crippen LogP contribution in [0.1, 0.15) is 33.1 Å². The first-order valence-electron chi connectivity index (χ1n) is 8.79. The molecule has 2 aliphatic rings. The molecule has 4 atom stereocenters. The third kappa shape index (κ3) is 5.86. The van der Waals surface area contributed by atoms with Gasteiger partial charge in [-0.15, -0.1) is 11.8 Å². The van der Waals surface area contributed by atoms with E-state index in [0.29, 0.717) is 19.4 Å². The Balaban J connectivity index is 1.86. The number of hydrogen-bond acceptors (Lipinski definition) is 7. The lowest BCUT2D eigenvalue weighted by Gasteiger charge is -2.30. The second-order valence-electron chi connectivity index (χ2n) is 6.02. The van der Waals surface area contributed by atoms with Crippen molar-refractivity contribution in [3.05, 3.63) is 0 Å². The van der Waals surface area contributed by atoms with Crippen molar-refractivity contribution in [3.8, 4) is 0 Å². The largest absolute Gasteiger partial charge is 0.450 e. The fourth-order valence-corrected chi connectivity index (χ4v) is 4.40. The van der Waals surface area contributed by atoms with Gasteiger partial charge in [0.1, 0.15) is 6.23 Å². The van der Waals surface area contributed by atoms with Crippen LogP contribution in [0.3, 0.4) is 0 Å². The normalized spacial score (nSPS) is 29.0. The molecule has 2 rings (SSSR count). The predicted octanol–water partition coefficient (Wildman–Crippen LogP) is 0.817. The maximum atomic E-state index is 12.6. The zero-order chi connectivity index (χ0) is 18.2. The first-order valence-corrected chi connectivity index (χ1v) is 9.84. The van der Waals surface area contributed by atoms with Crippen molar-refractivity contribution in [2.45, 2.75) is 44.7 Å². The Bertz CT molecular complexity index is 488. The molecule has 0 aliphatic carbocycles. The molecule has 3 N–H and O–H groups in total. The van der Waals surface area contributed by atoms with E-state index in [9.17, 15) is 14.4 Å². The highest BCUT2D eigenvalue weighted by atomic mass is 32.2. The minimum absolute atomic E-state index is 0.0560. The van der Waals surface area contributed by atoms with Gasteiger partial charge in [-0.3, -0.25) is 20.2 Å². The van der Waals surface area contributed by atoms with Crippen molar-refractivity contribution >= 4 is 29.7 Å². The van der Waals surface area contributed by atoms with E-state index >= 15 is 0 Å². The fraction of sp³-hybridized carbons (Fsp3) is 0.812. The molecule has 142 valence electrons. The summed E-state index contributed by atoms with van der Waals surface area (Å²) in [4.78, 5) is 36.2. The molecule has 0 bridgehead atoms. The summed E-state index contributed by atoms with van der Waals surface area (Å²) in [5, 5.41) is 8.13. The van der Waals surface area contributed by atoms with Crippen LogP contribution in [0.4, 0.5) is 4.79 Å². The molecule has 3 amide bonds. The Labute approximate surface area is 152 Å². The van der Waals surface area contributed by atoms with Crippen LogP contribution in [0.15, 0.2) is 0 Å². The van der Waals surface area contributed by atoms with Gasteiger partial charge in [-0.2, -0.15) is 0 Å². The Morgan fingerprint density at radius 2 is 1.96 bits per heavy atom. The number of ether oxygens (including phenoxy) is 2. The fourth-order valence-electron chi connectivity index (χ4n) is 3.06. The highest BCUT2D eigenvalue weighted by Gasteiger charge is 2.37. The number of carbonyl (C=O) groups is 3. The van der Waals surface area contributed by atoms with Crippen LogP contribution < -0.4 is 16.0 Å². The van der Waals surface area contributed by atoms with Crippen molar-refractivity contribution in [2.75, 3.05) is 25.5 Å². The molecule has 0 aromatic carbocycles. The zero-order valence-electron chi connectivity index (χ0n) is 14.7. The topological polar surface area (TPSA) is 106 Å². The van der Waals surface area contributed by atoms with E-state index in [1.807, 2.05) is 6.92 Å². The first kappa shape index (κ1) is 20.0. The van der Waals surface area contributed by atoms with Crippen LogP contribution >= 0.6 is 11.8 Å². The Hall–Kier alpha value is -1.32. The summed E-state index contributed by atoms with van der Waals surface area (Å²) in [5.41, 5.74) is 0. The van der Waals surface area contributed by atoms with Crippen LogP contribution in [-0.2, 0) is 19.1 Å². The van der Waals surface area contributed by atoms with Crippen molar-refractivity contribution < 1.29 is 23.9 Å². The highest BCUT2D eigenvalue weighted by molar-refractivity contribution is 8.00. The summed E-state index contributed by atoms with van der Waals surface area (Å²) in [5.74, 6) is -0.249. The number of amides is 3. The average Bonchev–Trinajstić information content (AvgIpc) is 3.04. The van der Waals surface area contributed by atoms with Gasteiger partial charge in [0, 0.05) is 12.5 Å². The number of imide groups is 1. The first-order chi connectivity index (χ1) is 12.0. The summed E-state index contributed by atoms with van der Waals surface area (Å²) in [7, 11) is 0. The molecule has 0 radical (unpaired) electrons. The van der Waals surface area contributed by atoms with Gasteiger partial charge in [0.15, 0.2) is 0 Å². The van der Waals surface area contributed by atoms with Crippen molar-refractivity contribution in [3.63, 3.8) is 0 Å². The summed E-state index contributed by atoms with van der Waals surface area (Å²) in [6, 6.07) is 0. The summed E-state index contributed by atoms with van der Waals surface area (Å²) >= 11 is 1.53. The molecule has 2 saturated heterocycles. The SMILES string of the molecule is CCOC(=O)NC(=O)C1CCSC1NC(=O)C1CCNC(OCC)C1. The van der Waals surface area contributed by atoms with Gasteiger partial charge in [-0.05, 0) is 45.4 Å². The summed E-state index contributed by atoms with van der Waals surface area (Å²) in [6.07, 6.45) is 1.14. The van der Waals surface area contributed by atoms with E-state index in [1.165, 1.54) is 11.8 Å². The van der Waals surface area contributed by atoms with E-state index in [-0.39, 0.29) is 30.0 Å². The van der Waals surface area contributed by atoms with Crippen LogP contribution in [0.2, 0.25) is 0 Å². The van der Waals surface area contributed by atoms with E-state index < -0.39 is 17.9 Å². The summed E-state index contributed by atoms with van der Waals surface area (Å²) in [6.45, 7) is 5.13. The summed E-state index contributed by atoms with van der Waals surface area (Å²) < 4.78 is 10.3. The minimum Gasteiger partial charge on any atom is -0.450 e. The third-order valence-electron chi connectivity index (χ3n) is 4.32. The van der Waals surface area contributed by atoms with Crippen LogP contribution in [-0.4, -0.2) is 55.0 Å². The number of nitrogens with one attached hydrogen (secondary N) is 3. The maximum Gasteiger partial charge on any atom is 0.413 e. The van der Waals surface area contributed by atoms with Gasteiger partial charge in [0.2, 0.25) is 11.8 Å².